The summed E-state index contributed by atoms with van der Waals surface area (Å²) in [4.78, 5) is 18.0. The average molecular weight is 348 g/mol. The van der Waals surface area contributed by atoms with E-state index in [1.54, 1.807) is 23.4 Å². The van der Waals surface area contributed by atoms with Gasteiger partial charge < -0.3 is 4.90 Å². The second kappa shape index (κ2) is 7.91. The Balaban J connectivity index is 0.000000948. The van der Waals surface area contributed by atoms with Crippen LogP contribution in [0.4, 0.5) is 4.39 Å². The first kappa shape index (κ1) is 17.8. The van der Waals surface area contributed by atoms with Crippen molar-refractivity contribution in [2.75, 3.05) is 0 Å². The third-order valence-electron chi connectivity index (χ3n) is 4.32. The predicted octanol–water partition coefficient (Wildman–Crippen LogP) is 5.07. The summed E-state index contributed by atoms with van der Waals surface area (Å²) in [5.41, 5.74) is 3.95. The van der Waals surface area contributed by atoms with Crippen LogP contribution < -0.4 is 0 Å². The highest BCUT2D eigenvalue weighted by Crippen LogP contribution is 2.26. The van der Waals surface area contributed by atoms with Gasteiger partial charge in [-0.05, 0) is 41.0 Å². The number of rotatable bonds is 3. The third kappa shape index (κ3) is 3.49. The highest BCUT2D eigenvalue weighted by Gasteiger charge is 2.27. The molecule has 0 saturated carbocycles. The van der Waals surface area contributed by atoms with Gasteiger partial charge in [-0.2, -0.15) is 0 Å². The van der Waals surface area contributed by atoms with Gasteiger partial charge in [0.2, 0.25) is 0 Å². The van der Waals surface area contributed by atoms with Crippen molar-refractivity contribution in [2.24, 2.45) is 0 Å². The van der Waals surface area contributed by atoms with E-state index in [9.17, 15) is 9.18 Å². The number of carbonyl (C=O) groups excluding carboxylic acids is 1. The van der Waals surface area contributed by atoms with Gasteiger partial charge in [0.1, 0.15) is 5.82 Å². The zero-order valence-corrected chi connectivity index (χ0v) is 14.9. The summed E-state index contributed by atoms with van der Waals surface area (Å²) in [6, 6.07) is 16.4. The maximum Gasteiger partial charge on any atom is 0.254 e. The summed E-state index contributed by atoms with van der Waals surface area (Å²) in [6.45, 7) is 4.80. The van der Waals surface area contributed by atoms with Crippen molar-refractivity contribution < 1.29 is 9.18 Å². The summed E-state index contributed by atoms with van der Waals surface area (Å²) in [5.74, 6) is -0.337. The van der Waals surface area contributed by atoms with Crippen LogP contribution in [0.3, 0.4) is 0 Å². The molecule has 0 spiro atoms. The Bertz CT molecular complexity index is 909. The van der Waals surface area contributed by atoms with E-state index in [0.717, 1.165) is 16.7 Å². The van der Waals surface area contributed by atoms with Crippen LogP contribution in [0.15, 0.2) is 67.0 Å². The van der Waals surface area contributed by atoms with E-state index in [4.69, 9.17) is 0 Å². The number of carbonyl (C=O) groups is 1. The topological polar surface area (TPSA) is 33.2 Å². The quantitative estimate of drug-likeness (QED) is 0.662. The number of amides is 1. The molecule has 2 aromatic carbocycles. The van der Waals surface area contributed by atoms with Crippen molar-refractivity contribution in [3.63, 3.8) is 0 Å². The summed E-state index contributed by atoms with van der Waals surface area (Å²) in [6.07, 6.45) is 3.36. The molecule has 1 aromatic heterocycles. The zero-order valence-electron chi connectivity index (χ0n) is 14.9. The second-order valence-corrected chi connectivity index (χ2v) is 5.86. The normalized spacial score (nSPS) is 12.4. The standard InChI is InChI=1S/C20H15FN2O.C2H6/c21-19-11-15(14-7-9-22-10-8-14)5-6-17(19)13-23-12-16-3-1-2-4-18(16)20(23)24;1-2/h1-11H,12-13H2;1-2H3. The zero-order chi connectivity index (χ0) is 18.5. The first-order chi connectivity index (χ1) is 12.7. The van der Waals surface area contributed by atoms with Crippen molar-refractivity contribution in [3.05, 3.63) is 89.5 Å². The van der Waals surface area contributed by atoms with Gasteiger partial charge in [-0.25, -0.2) is 4.39 Å². The molecule has 0 radical (unpaired) electrons. The molecule has 0 bridgehead atoms. The first-order valence-electron chi connectivity index (χ1n) is 8.78. The van der Waals surface area contributed by atoms with Crippen LogP contribution >= 0.6 is 0 Å². The Morgan fingerprint density at radius 3 is 2.42 bits per heavy atom. The van der Waals surface area contributed by atoms with E-state index in [1.165, 1.54) is 6.07 Å². The van der Waals surface area contributed by atoms with Gasteiger partial charge in [0.25, 0.3) is 5.91 Å². The molecule has 2 heterocycles. The number of nitrogens with zero attached hydrogens (tertiary/aromatic N) is 2. The van der Waals surface area contributed by atoms with E-state index in [1.807, 2.05) is 56.3 Å². The lowest BCUT2D eigenvalue weighted by Gasteiger charge is -2.16. The molecule has 4 rings (SSSR count). The molecule has 0 unspecified atom stereocenters. The maximum atomic E-state index is 14.5. The minimum Gasteiger partial charge on any atom is -0.330 e. The van der Waals surface area contributed by atoms with Gasteiger partial charge in [0.05, 0.1) is 0 Å². The number of halogens is 1. The van der Waals surface area contributed by atoms with Gasteiger partial charge in [-0.3, -0.25) is 9.78 Å². The van der Waals surface area contributed by atoms with Gasteiger partial charge >= 0.3 is 0 Å². The van der Waals surface area contributed by atoms with Gasteiger partial charge in [-0.15, -0.1) is 0 Å². The number of aromatic nitrogens is 1. The highest BCUT2D eigenvalue weighted by atomic mass is 19.1. The summed E-state index contributed by atoms with van der Waals surface area (Å²) < 4.78 is 14.5. The fourth-order valence-corrected chi connectivity index (χ4v) is 3.05. The minimum atomic E-state index is -0.298. The average Bonchev–Trinajstić information content (AvgIpc) is 3.01. The second-order valence-electron chi connectivity index (χ2n) is 5.86. The Morgan fingerprint density at radius 1 is 1.00 bits per heavy atom. The van der Waals surface area contributed by atoms with Crippen LogP contribution in [0, 0.1) is 5.82 Å². The first-order valence-corrected chi connectivity index (χ1v) is 8.78. The molecule has 1 amide bonds. The van der Waals surface area contributed by atoms with E-state index in [2.05, 4.69) is 4.98 Å². The fraction of sp³-hybridized carbons (Fsp3) is 0.182. The van der Waals surface area contributed by atoms with Crippen LogP contribution in [0.2, 0.25) is 0 Å². The fourth-order valence-electron chi connectivity index (χ4n) is 3.05. The monoisotopic (exact) mass is 348 g/mol. The lowest BCUT2D eigenvalue weighted by molar-refractivity contribution is 0.0765. The number of benzene rings is 2. The van der Waals surface area contributed by atoms with Crippen LogP contribution in [0.25, 0.3) is 11.1 Å². The van der Waals surface area contributed by atoms with Crippen molar-refractivity contribution in [3.8, 4) is 11.1 Å². The molecule has 3 nitrogen and oxygen atoms in total. The van der Waals surface area contributed by atoms with E-state index in [0.29, 0.717) is 17.7 Å². The Labute approximate surface area is 153 Å². The number of fused-ring (bicyclic) bond motifs is 1. The molecule has 0 N–H and O–H groups in total. The van der Waals surface area contributed by atoms with Crippen LogP contribution in [0.5, 0.6) is 0 Å². The van der Waals surface area contributed by atoms with Crippen molar-refractivity contribution in [1.82, 2.24) is 9.88 Å². The Kier molecular flexibility index (Phi) is 5.42. The molecule has 0 aliphatic carbocycles. The summed E-state index contributed by atoms with van der Waals surface area (Å²) >= 11 is 0. The highest BCUT2D eigenvalue weighted by molar-refractivity contribution is 5.98. The van der Waals surface area contributed by atoms with Gasteiger partial charge in [-0.1, -0.05) is 44.2 Å². The number of hydrogen-bond acceptors (Lipinski definition) is 2. The third-order valence-corrected chi connectivity index (χ3v) is 4.32. The smallest absolute Gasteiger partial charge is 0.254 e. The maximum absolute atomic E-state index is 14.5. The minimum absolute atomic E-state index is 0.0387. The van der Waals surface area contributed by atoms with E-state index in [-0.39, 0.29) is 18.3 Å². The molecule has 0 atom stereocenters. The Hall–Kier alpha value is -3.01. The molecule has 1 aliphatic heterocycles. The van der Waals surface area contributed by atoms with Crippen molar-refractivity contribution >= 4 is 5.91 Å². The SMILES string of the molecule is CC.O=C1c2ccccc2CN1Cc1ccc(-c2ccncc2)cc1F. The van der Waals surface area contributed by atoms with Crippen molar-refractivity contribution in [1.29, 1.82) is 0 Å². The lowest BCUT2D eigenvalue weighted by Crippen LogP contribution is -2.23. The van der Waals surface area contributed by atoms with Crippen LogP contribution in [0.1, 0.15) is 35.3 Å². The molecule has 132 valence electrons. The summed E-state index contributed by atoms with van der Waals surface area (Å²) in [7, 11) is 0. The van der Waals surface area contributed by atoms with Crippen molar-refractivity contribution in [2.45, 2.75) is 26.9 Å². The molecule has 1 aliphatic rings. The molecule has 26 heavy (non-hydrogen) atoms. The molecular formula is C22H21FN2O. The Morgan fingerprint density at radius 2 is 1.73 bits per heavy atom. The van der Waals surface area contributed by atoms with Crippen LogP contribution in [-0.2, 0) is 13.1 Å². The van der Waals surface area contributed by atoms with Gasteiger partial charge in [0, 0.05) is 36.6 Å². The molecule has 0 saturated heterocycles. The van der Waals surface area contributed by atoms with Gasteiger partial charge in [0.15, 0.2) is 0 Å². The predicted molar refractivity (Wildman–Crippen MR) is 101 cm³/mol. The van der Waals surface area contributed by atoms with E-state index >= 15 is 0 Å². The summed E-state index contributed by atoms with van der Waals surface area (Å²) in [5, 5.41) is 0. The van der Waals surface area contributed by atoms with E-state index < -0.39 is 0 Å². The largest absolute Gasteiger partial charge is 0.330 e. The number of pyridine rings is 1. The lowest BCUT2D eigenvalue weighted by atomic mass is 10.0. The number of hydrogen-bond donors (Lipinski definition) is 0. The molecule has 3 aromatic rings. The van der Waals surface area contributed by atoms with Crippen LogP contribution in [-0.4, -0.2) is 15.8 Å². The molecule has 0 fully saturated rings. The molecule has 4 heteroatoms. The molecular weight excluding hydrogens is 327 g/mol.